The number of carbonyl (C=O) groups excluding carboxylic acids is 2. The van der Waals surface area contributed by atoms with Gasteiger partial charge in [-0.05, 0) is 31.9 Å². The second-order valence-electron chi connectivity index (χ2n) is 4.42. The summed E-state index contributed by atoms with van der Waals surface area (Å²) >= 11 is 0. The van der Waals surface area contributed by atoms with Crippen molar-refractivity contribution in [2.24, 2.45) is 0 Å². The molecule has 1 rings (SSSR count). The average Bonchev–Trinajstić information content (AvgIpc) is 2.24. The van der Waals surface area contributed by atoms with Crippen molar-refractivity contribution < 1.29 is 19.5 Å². The monoisotopic (exact) mass is 248 g/mol. The molecule has 18 heavy (non-hydrogen) atoms. The first-order valence-electron chi connectivity index (χ1n) is 5.70. The maximum absolute atomic E-state index is 12.0. The Morgan fingerprint density at radius 1 is 1.00 bits per heavy atom. The van der Waals surface area contributed by atoms with Crippen molar-refractivity contribution >= 4 is 17.5 Å². The Bertz CT molecular complexity index is 492. The average molecular weight is 248 g/mol. The van der Waals surface area contributed by atoms with E-state index >= 15 is 0 Å². The molecule has 0 unspecified atom stereocenters. The minimum absolute atomic E-state index is 0.249. The lowest BCUT2D eigenvalue weighted by Crippen LogP contribution is -2.18. The van der Waals surface area contributed by atoms with Gasteiger partial charge in [-0.25, -0.2) is 0 Å². The van der Waals surface area contributed by atoms with Crippen molar-refractivity contribution in [3.05, 3.63) is 34.4 Å². The fraction of sp³-hybridized carbons (Fsp3) is 0.357. The lowest BCUT2D eigenvalue weighted by atomic mass is 9.93. The first-order valence-corrected chi connectivity index (χ1v) is 5.70. The molecule has 0 fully saturated rings. The number of benzene rings is 1. The zero-order valence-corrected chi connectivity index (χ0v) is 10.7. The van der Waals surface area contributed by atoms with Crippen LogP contribution in [0.25, 0.3) is 0 Å². The molecule has 0 aliphatic rings. The van der Waals surface area contributed by atoms with E-state index in [1.165, 1.54) is 0 Å². The first kappa shape index (κ1) is 14.1. The van der Waals surface area contributed by atoms with Crippen LogP contribution in [0, 0.1) is 20.8 Å². The summed E-state index contributed by atoms with van der Waals surface area (Å²) in [5, 5.41) is 8.50. The highest BCUT2D eigenvalue weighted by Crippen LogP contribution is 2.18. The fourth-order valence-corrected chi connectivity index (χ4v) is 2.01. The summed E-state index contributed by atoms with van der Waals surface area (Å²) in [5.41, 5.74) is 2.93. The summed E-state index contributed by atoms with van der Waals surface area (Å²) in [5.74, 6) is -2.31. The molecule has 1 aromatic rings. The minimum atomic E-state index is -1.08. The van der Waals surface area contributed by atoms with Gasteiger partial charge >= 0.3 is 5.97 Å². The number of carbonyl (C=O) groups is 3. The molecular formula is C14H16O4. The number of Topliss-reactive ketones (excluding diaryl/α,β-unsaturated/α-hetero) is 2. The Morgan fingerprint density at radius 3 is 1.94 bits per heavy atom. The van der Waals surface area contributed by atoms with E-state index in [0.717, 1.165) is 16.7 Å². The van der Waals surface area contributed by atoms with E-state index in [4.69, 9.17) is 5.11 Å². The van der Waals surface area contributed by atoms with Crippen molar-refractivity contribution in [1.29, 1.82) is 0 Å². The van der Waals surface area contributed by atoms with Gasteiger partial charge in [0.05, 0.1) is 6.42 Å². The Hall–Kier alpha value is -1.97. The van der Waals surface area contributed by atoms with Gasteiger partial charge in [-0.15, -0.1) is 0 Å². The zero-order chi connectivity index (χ0) is 13.9. The SMILES string of the molecule is Cc1cc(C)c(C(=O)C(=O)CCC(=O)O)c(C)c1. The lowest BCUT2D eigenvalue weighted by Gasteiger charge is -2.09. The molecule has 0 atom stereocenters. The number of hydrogen-bond acceptors (Lipinski definition) is 3. The van der Waals surface area contributed by atoms with E-state index in [2.05, 4.69) is 0 Å². The van der Waals surface area contributed by atoms with Crippen molar-refractivity contribution in [3.8, 4) is 0 Å². The van der Waals surface area contributed by atoms with Crippen LogP contribution in [0.3, 0.4) is 0 Å². The first-order chi connectivity index (χ1) is 8.32. The molecule has 0 aromatic heterocycles. The van der Waals surface area contributed by atoms with Crippen molar-refractivity contribution in [3.63, 3.8) is 0 Å². The number of carboxylic acid groups (broad SMARTS) is 1. The van der Waals surface area contributed by atoms with Gasteiger partial charge in [0, 0.05) is 12.0 Å². The highest BCUT2D eigenvalue weighted by Gasteiger charge is 2.20. The molecule has 1 aromatic carbocycles. The second kappa shape index (κ2) is 5.58. The molecule has 0 bridgehead atoms. The van der Waals surface area contributed by atoms with Gasteiger partial charge in [0.2, 0.25) is 11.6 Å². The maximum Gasteiger partial charge on any atom is 0.303 e. The second-order valence-corrected chi connectivity index (χ2v) is 4.42. The van der Waals surface area contributed by atoms with E-state index < -0.39 is 17.5 Å². The molecule has 0 saturated carbocycles. The third-order valence-corrected chi connectivity index (χ3v) is 2.72. The van der Waals surface area contributed by atoms with Crippen molar-refractivity contribution in [2.75, 3.05) is 0 Å². The van der Waals surface area contributed by atoms with Gasteiger partial charge in [0.15, 0.2) is 0 Å². The lowest BCUT2D eigenvalue weighted by molar-refractivity contribution is -0.138. The Labute approximate surface area is 106 Å². The van der Waals surface area contributed by atoms with Crippen LogP contribution in [-0.2, 0) is 9.59 Å². The molecule has 0 aliphatic carbocycles. The largest absolute Gasteiger partial charge is 0.481 e. The number of carboxylic acids is 1. The smallest absolute Gasteiger partial charge is 0.303 e. The highest BCUT2D eigenvalue weighted by molar-refractivity contribution is 6.44. The summed E-state index contributed by atoms with van der Waals surface area (Å²) in [6.45, 7) is 5.47. The molecule has 0 amide bonds. The minimum Gasteiger partial charge on any atom is -0.481 e. The maximum atomic E-state index is 12.0. The van der Waals surface area contributed by atoms with Crippen molar-refractivity contribution in [1.82, 2.24) is 0 Å². The summed E-state index contributed by atoms with van der Waals surface area (Å²) in [6, 6.07) is 3.68. The summed E-state index contributed by atoms with van der Waals surface area (Å²) in [4.78, 5) is 34.0. The third-order valence-electron chi connectivity index (χ3n) is 2.72. The van der Waals surface area contributed by atoms with E-state index in [9.17, 15) is 14.4 Å². The van der Waals surface area contributed by atoms with Gasteiger partial charge in [-0.1, -0.05) is 17.7 Å². The standard InChI is InChI=1S/C14H16O4/c1-8-6-9(2)13(10(3)7-8)14(18)11(15)4-5-12(16)17/h6-7H,4-5H2,1-3H3,(H,16,17). The van der Waals surface area contributed by atoms with Gasteiger partial charge in [0.25, 0.3) is 0 Å². The van der Waals surface area contributed by atoms with Crippen molar-refractivity contribution in [2.45, 2.75) is 33.6 Å². The van der Waals surface area contributed by atoms with Crippen LogP contribution in [-0.4, -0.2) is 22.6 Å². The van der Waals surface area contributed by atoms with E-state index in [-0.39, 0.29) is 12.8 Å². The van der Waals surface area contributed by atoms with E-state index in [1.807, 2.05) is 19.1 Å². The number of aryl methyl sites for hydroxylation is 3. The molecule has 0 spiro atoms. The molecule has 96 valence electrons. The Morgan fingerprint density at radius 2 is 1.50 bits per heavy atom. The normalized spacial score (nSPS) is 10.2. The molecule has 4 heteroatoms. The number of ketones is 2. The van der Waals surface area contributed by atoms with Gasteiger partial charge in [-0.3, -0.25) is 14.4 Å². The summed E-state index contributed by atoms with van der Waals surface area (Å²) < 4.78 is 0. The number of aliphatic carboxylic acids is 1. The van der Waals surface area contributed by atoms with Gasteiger partial charge in [-0.2, -0.15) is 0 Å². The Balaban J connectivity index is 2.97. The molecule has 0 saturated heterocycles. The fourth-order valence-electron chi connectivity index (χ4n) is 2.01. The van der Waals surface area contributed by atoms with Crippen LogP contribution in [0.1, 0.15) is 39.9 Å². The van der Waals surface area contributed by atoms with Crippen LogP contribution in [0.4, 0.5) is 0 Å². The molecule has 1 N–H and O–H groups in total. The third kappa shape index (κ3) is 3.26. The summed E-state index contributed by atoms with van der Waals surface area (Å²) in [7, 11) is 0. The van der Waals surface area contributed by atoms with Crippen LogP contribution in [0.15, 0.2) is 12.1 Å². The van der Waals surface area contributed by atoms with Crippen LogP contribution in [0.2, 0.25) is 0 Å². The number of rotatable bonds is 5. The summed E-state index contributed by atoms with van der Waals surface area (Å²) in [6.07, 6.45) is -0.560. The molecule has 0 aliphatic heterocycles. The van der Waals surface area contributed by atoms with Crippen LogP contribution >= 0.6 is 0 Å². The van der Waals surface area contributed by atoms with E-state index in [0.29, 0.717) is 5.56 Å². The van der Waals surface area contributed by atoms with Gasteiger partial charge < -0.3 is 5.11 Å². The highest BCUT2D eigenvalue weighted by atomic mass is 16.4. The predicted molar refractivity (Wildman–Crippen MR) is 66.9 cm³/mol. The molecule has 4 nitrogen and oxygen atoms in total. The van der Waals surface area contributed by atoms with E-state index in [1.54, 1.807) is 13.8 Å². The quantitative estimate of drug-likeness (QED) is 0.640. The predicted octanol–water partition coefficient (Wildman–Crippen LogP) is 2.23. The Kier molecular flexibility index (Phi) is 4.37. The number of hydrogen-bond donors (Lipinski definition) is 1. The van der Waals surface area contributed by atoms with Gasteiger partial charge in [0.1, 0.15) is 0 Å². The van der Waals surface area contributed by atoms with Crippen LogP contribution < -0.4 is 0 Å². The molecule has 0 radical (unpaired) electrons. The van der Waals surface area contributed by atoms with Crippen LogP contribution in [0.5, 0.6) is 0 Å². The molecule has 0 heterocycles. The zero-order valence-electron chi connectivity index (χ0n) is 10.7. The molecular weight excluding hydrogens is 232 g/mol. The topological polar surface area (TPSA) is 71.4 Å².